The molecule has 8 nitrogen and oxygen atoms in total. The van der Waals surface area contributed by atoms with Crippen molar-refractivity contribution in [3.63, 3.8) is 0 Å². The zero-order valence-corrected chi connectivity index (χ0v) is 20.1. The molecule has 9 heteroatoms. The number of hydrogen-bond acceptors (Lipinski definition) is 8. The molecule has 0 saturated carbocycles. The van der Waals surface area contributed by atoms with Crippen molar-refractivity contribution in [2.45, 2.75) is 31.3 Å². The minimum atomic E-state index is -2.40. The second-order valence-electron chi connectivity index (χ2n) is 7.96. The topological polar surface area (TPSA) is 103 Å². The largest absolute Gasteiger partial charge is 0.455 e. The van der Waals surface area contributed by atoms with Crippen LogP contribution in [0.4, 0.5) is 0 Å². The summed E-state index contributed by atoms with van der Waals surface area (Å²) in [6, 6.07) is 12.2. The third-order valence-corrected chi connectivity index (χ3v) is 5.39. The smallest absolute Gasteiger partial charge is 0.453 e. The summed E-state index contributed by atoms with van der Waals surface area (Å²) >= 11 is 5.99. The number of nitrogens with one attached hydrogen (secondary N) is 1. The molecule has 2 atom stereocenters. The zero-order valence-electron chi connectivity index (χ0n) is 19.4. The minimum absolute atomic E-state index is 0.0101. The first kappa shape index (κ1) is 26.3. The number of rotatable bonds is 12. The molecule has 0 saturated heterocycles. The highest BCUT2D eigenvalue weighted by molar-refractivity contribution is 6.30. The Labute approximate surface area is 209 Å². The van der Waals surface area contributed by atoms with Crippen LogP contribution in [-0.4, -0.2) is 48.6 Å². The second kappa shape index (κ2) is 11.9. The van der Waals surface area contributed by atoms with Gasteiger partial charge in [0.15, 0.2) is 11.5 Å². The lowest BCUT2D eigenvalue weighted by molar-refractivity contribution is -0.201. The van der Waals surface area contributed by atoms with Crippen molar-refractivity contribution in [3.8, 4) is 11.5 Å². The highest BCUT2D eigenvalue weighted by Gasteiger charge is 2.59. The number of benzene rings is 2. The van der Waals surface area contributed by atoms with Gasteiger partial charge in [-0.2, -0.15) is 0 Å². The fourth-order valence-electron chi connectivity index (χ4n) is 3.45. The Bertz CT molecular complexity index is 1060. The lowest BCUT2D eigenvalue weighted by atomic mass is 10.1. The third kappa shape index (κ3) is 6.42. The van der Waals surface area contributed by atoms with Crippen molar-refractivity contribution >= 4 is 23.5 Å². The molecule has 2 N–H and O–H groups in total. The average Bonchev–Trinajstić information content (AvgIpc) is 3.24. The molecule has 0 bridgehead atoms. The molecule has 2 aromatic rings. The Balaban J connectivity index is 1.66. The predicted molar refractivity (Wildman–Crippen MR) is 130 cm³/mol. The third-order valence-electron chi connectivity index (χ3n) is 5.15. The van der Waals surface area contributed by atoms with Gasteiger partial charge in [0.05, 0.1) is 6.10 Å². The maximum Gasteiger partial charge on any atom is 0.453 e. The molecule has 1 heterocycles. The molecule has 0 aromatic heterocycles. The van der Waals surface area contributed by atoms with Gasteiger partial charge in [-0.05, 0) is 48.7 Å². The summed E-state index contributed by atoms with van der Waals surface area (Å²) < 4.78 is 21.4. The van der Waals surface area contributed by atoms with Gasteiger partial charge in [0.25, 0.3) is 0 Å². The molecule has 1 aliphatic heterocycles. The summed E-state index contributed by atoms with van der Waals surface area (Å²) in [5.74, 6) is -4.09. The molecule has 1 aliphatic rings. The SMILES string of the molecule is C=CCOC(=O)C1(C(=O)OCC=C)Oc2ccc(C[C@@H](C)NCC(O)c3cccc(Cl)c3)cc2O1. The number of esters is 2. The van der Waals surface area contributed by atoms with E-state index in [-0.39, 0.29) is 30.8 Å². The van der Waals surface area contributed by atoms with Gasteiger partial charge in [-0.25, -0.2) is 9.59 Å². The van der Waals surface area contributed by atoms with Crippen LogP contribution < -0.4 is 14.8 Å². The van der Waals surface area contributed by atoms with Gasteiger partial charge >= 0.3 is 17.7 Å². The Morgan fingerprint density at radius 2 is 1.74 bits per heavy atom. The first-order valence-corrected chi connectivity index (χ1v) is 11.4. The minimum Gasteiger partial charge on any atom is -0.455 e. The zero-order chi connectivity index (χ0) is 25.4. The van der Waals surface area contributed by atoms with Crippen molar-refractivity contribution in [2.24, 2.45) is 0 Å². The summed E-state index contributed by atoms with van der Waals surface area (Å²) in [6.07, 6.45) is 2.59. The Hall–Kier alpha value is -3.33. The number of ether oxygens (including phenoxy) is 4. The lowest BCUT2D eigenvalue weighted by Gasteiger charge is -2.22. The molecular weight excluding hydrogens is 474 g/mol. The molecule has 0 amide bonds. The normalized spacial score (nSPS) is 15.1. The molecule has 0 aliphatic carbocycles. The van der Waals surface area contributed by atoms with Gasteiger partial charge in [0.2, 0.25) is 0 Å². The number of hydrogen-bond donors (Lipinski definition) is 2. The Kier molecular flexibility index (Phi) is 8.92. The summed E-state index contributed by atoms with van der Waals surface area (Å²) in [7, 11) is 0. The van der Waals surface area contributed by atoms with E-state index in [1.165, 1.54) is 12.2 Å². The van der Waals surface area contributed by atoms with Crippen LogP contribution in [0.15, 0.2) is 67.8 Å². The quantitative estimate of drug-likeness (QED) is 0.259. The van der Waals surface area contributed by atoms with E-state index in [0.29, 0.717) is 18.0 Å². The predicted octanol–water partition coefficient (Wildman–Crippen LogP) is 3.52. The maximum absolute atomic E-state index is 12.7. The van der Waals surface area contributed by atoms with Gasteiger partial charge < -0.3 is 29.4 Å². The average molecular weight is 502 g/mol. The Morgan fingerprint density at radius 1 is 1.09 bits per heavy atom. The van der Waals surface area contributed by atoms with E-state index in [1.807, 2.05) is 13.0 Å². The van der Waals surface area contributed by atoms with Gasteiger partial charge in [-0.15, -0.1) is 0 Å². The van der Waals surface area contributed by atoms with Crippen molar-refractivity contribution < 1.29 is 33.6 Å². The van der Waals surface area contributed by atoms with Crippen LogP contribution in [0.1, 0.15) is 24.2 Å². The molecule has 3 rings (SSSR count). The molecular formula is C26H28ClNO7. The second-order valence-corrected chi connectivity index (χ2v) is 8.40. The van der Waals surface area contributed by atoms with E-state index in [9.17, 15) is 14.7 Å². The van der Waals surface area contributed by atoms with E-state index in [0.717, 1.165) is 11.1 Å². The molecule has 0 spiro atoms. The Morgan fingerprint density at radius 3 is 2.37 bits per heavy atom. The summed E-state index contributed by atoms with van der Waals surface area (Å²) in [5, 5.41) is 14.3. The number of fused-ring (bicyclic) bond motifs is 1. The van der Waals surface area contributed by atoms with Gasteiger partial charge in [-0.3, -0.25) is 0 Å². The number of aliphatic hydroxyl groups excluding tert-OH is 1. The van der Waals surface area contributed by atoms with Gasteiger partial charge in [0.1, 0.15) is 13.2 Å². The fraction of sp³-hybridized carbons (Fsp3) is 0.308. The number of carbonyl (C=O) groups excluding carboxylic acids is 2. The van der Waals surface area contributed by atoms with Crippen LogP contribution in [-0.2, 0) is 25.5 Å². The van der Waals surface area contributed by atoms with E-state index >= 15 is 0 Å². The molecule has 2 aromatic carbocycles. The first-order valence-electron chi connectivity index (χ1n) is 11.0. The highest BCUT2D eigenvalue weighted by Crippen LogP contribution is 2.41. The summed E-state index contributed by atoms with van der Waals surface area (Å²) in [5.41, 5.74) is 1.59. The van der Waals surface area contributed by atoms with E-state index in [4.69, 9.17) is 30.5 Å². The standard InChI is InChI=1S/C26H28ClNO7/c1-4-11-32-24(30)26(25(31)33-12-5-2)34-22-10-9-18(14-23(22)35-26)13-17(3)28-16-21(29)19-7-6-8-20(27)15-19/h4-10,14-15,17,21,28-29H,1-2,11-13,16H2,3H3/t17-,21?/m1/s1. The summed E-state index contributed by atoms with van der Waals surface area (Å²) in [4.78, 5) is 25.3. The number of aliphatic hydroxyl groups is 1. The van der Waals surface area contributed by atoms with Crippen LogP contribution in [0.2, 0.25) is 5.02 Å². The van der Waals surface area contributed by atoms with Crippen LogP contribution in [0.25, 0.3) is 0 Å². The lowest BCUT2D eigenvalue weighted by Crippen LogP contribution is -2.56. The maximum atomic E-state index is 12.7. The van der Waals surface area contributed by atoms with Crippen LogP contribution in [0.3, 0.4) is 0 Å². The van der Waals surface area contributed by atoms with E-state index in [1.54, 1.807) is 36.4 Å². The highest BCUT2D eigenvalue weighted by atomic mass is 35.5. The first-order chi connectivity index (χ1) is 16.8. The molecule has 186 valence electrons. The van der Waals surface area contributed by atoms with Gasteiger partial charge in [0, 0.05) is 17.6 Å². The van der Waals surface area contributed by atoms with Crippen molar-refractivity contribution in [2.75, 3.05) is 19.8 Å². The van der Waals surface area contributed by atoms with Crippen molar-refractivity contribution in [3.05, 3.63) is 83.9 Å². The monoisotopic (exact) mass is 501 g/mol. The van der Waals surface area contributed by atoms with Crippen molar-refractivity contribution in [1.82, 2.24) is 5.32 Å². The molecule has 0 radical (unpaired) electrons. The van der Waals surface area contributed by atoms with E-state index < -0.39 is 23.8 Å². The van der Waals surface area contributed by atoms with Crippen LogP contribution >= 0.6 is 11.6 Å². The molecule has 1 unspecified atom stereocenters. The van der Waals surface area contributed by atoms with Gasteiger partial charge in [-0.1, -0.05) is 55.1 Å². The fourth-order valence-corrected chi connectivity index (χ4v) is 3.65. The molecule has 35 heavy (non-hydrogen) atoms. The van der Waals surface area contributed by atoms with E-state index in [2.05, 4.69) is 18.5 Å². The molecule has 0 fully saturated rings. The summed E-state index contributed by atoms with van der Waals surface area (Å²) in [6.45, 7) is 9.01. The van der Waals surface area contributed by atoms with Crippen molar-refractivity contribution in [1.29, 1.82) is 0 Å². The van der Waals surface area contributed by atoms with Crippen LogP contribution in [0, 0.1) is 0 Å². The van der Waals surface area contributed by atoms with Crippen LogP contribution in [0.5, 0.6) is 11.5 Å². The number of carbonyl (C=O) groups is 2. The number of halogens is 1.